The minimum atomic E-state index is -4.06. The highest BCUT2D eigenvalue weighted by atomic mass is 32.2. The van der Waals surface area contributed by atoms with Crippen LogP contribution in [-0.2, 0) is 16.4 Å². The first-order valence-electron chi connectivity index (χ1n) is 7.26. The Morgan fingerprint density at radius 2 is 1.67 bits per heavy atom. The maximum Gasteiger partial charge on any atom is 0.364 e. The normalized spacial score (nSPS) is 11.5. The van der Waals surface area contributed by atoms with Crippen molar-refractivity contribution in [3.05, 3.63) is 81.7 Å². The molecule has 6 nitrogen and oxygen atoms in total. The van der Waals surface area contributed by atoms with Gasteiger partial charge in [0, 0.05) is 6.42 Å². The SMILES string of the molecule is Cc1ccc(S(=O)(=O)n2oc(=O)c(Cc3ccccc3)c2N)cc1. The molecule has 2 aromatic carbocycles. The molecular weight excluding hydrogens is 328 g/mol. The first-order chi connectivity index (χ1) is 11.4. The molecule has 3 rings (SSSR count). The van der Waals surface area contributed by atoms with Crippen molar-refractivity contribution in [2.24, 2.45) is 0 Å². The largest absolute Gasteiger partial charge is 0.381 e. The number of aryl methyl sites for hydroxylation is 1. The zero-order valence-corrected chi connectivity index (χ0v) is 13.8. The summed E-state index contributed by atoms with van der Waals surface area (Å²) in [6.45, 7) is 1.85. The van der Waals surface area contributed by atoms with Gasteiger partial charge in [-0.05, 0) is 24.6 Å². The third-order valence-corrected chi connectivity index (χ3v) is 5.25. The third-order valence-electron chi connectivity index (χ3n) is 3.68. The number of aromatic nitrogens is 1. The van der Waals surface area contributed by atoms with Gasteiger partial charge in [0.1, 0.15) is 0 Å². The first kappa shape index (κ1) is 16.1. The zero-order valence-electron chi connectivity index (χ0n) is 13.0. The molecule has 1 aromatic heterocycles. The molecular formula is C17H16N2O4S. The van der Waals surface area contributed by atoms with Crippen LogP contribution in [0, 0.1) is 6.92 Å². The molecule has 1 heterocycles. The lowest BCUT2D eigenvalue weighted by molar-refractivity contribution is 0.345. The molecule has 0 saturated heterocycles. The van der Waals surface area contributed by atoms with Crippen LogP contribution in [0.25, 0.3) is 0 Å². The summed E-state index contributed by atoms with van der Waals surface area (Å²) in [5.74, 6) is -0.204. The van der Waals surface area contributed by atoms with E-state index in [1.165, 1.54) is 12.1 Å². The summed E-state index contributed by atoms with van der Waals surface area (Å²) in [4.78, 5) is 12.1. The van der Waals surface area contributed by atoms with Gasteiger partial charge in [-0.15, -0.1) is 0 Å². The molecule has 124 valence electrons. The molecule has 0 aliphatic carbocycles. The second-order valence-corrected chi connectivity index (χ2v) is 7.20. The monoisotopic (exact) mass is 344 g/mol. The fraction of sp³-hybridized carbons (Fsp3) is 0.118. The number of rotatable bonds is 4. The number of anilines is 1. The van der Waals surface area contributed by atoms with Gasteiger partial charge in [0.2, 0.25) is 0 Å². The van der Waals surface area contributed by atoms with Crippen LogP contribution in [-0.4, -0.2) is 12.6 Å². The molecule has 2 N–H and O–H groups in total. The minimum Gasteiger partial charge on any atom is -0.381 e. The summed E-state index contributed by atoms with van der Waals surface area (Å²) in [6.07, 6.45) is 0.200. The highest BCUT2D eigenvalue weighted by Gasteiger charge is 2.26. The summed E-state index contributed by atoms with van der Waals surface area (Å²) in [7, 11) is -4.06. The first-order valence-corrected chi connectivity index (χ1v) is 8.70. The lowest BCUT2D eigenvalue weighted by atomic mass is 10.1. The lowest BCUT2D eigenvalue weighted by Crippen LogP contribution is -2.15. The van der Waals surface area contributed by atoms with Gasteiger partial charge in [-0.25, -0.2) is 4.79 Å². The molecule has 0 spiro atoms. The van der Waals surface area contributed by atoms with Crippen LogP contribution in [0.3, 0.4) is 0 Å². The van der Waals surface area contributed by atoms with Gasteiger partial charge in [-0.1, -0.05) is 52.2 Å². The van der Waals surface area contributed by atoms with Crippen molar-refractivity contribution in [2.75, 3.05) is 5.73 Å². The Morgan fingerprint density at radius 1 is 1.04 bits per heavy atom. The summed E-state index contributed by atoms with van der Waals surface area (Å²) in [6, 6.07) is 15.4. The molecule has 0 fully saturated rings. The van der Waals surface area contributed by atoms with Gasteiger partial charge in [0.15, 0.2) is 5.82 Å². The maximum absolute atomic E-state index is 12.6. The zero-order chi connectivity index (χ0) is 17.3. The van der Waals surface area contributed by atoms with Crippen LogP contribution in [0.15, 0.2) is 68.8 Å². The Balaban J connectivity index is 2.05. The van der Waals surface area contributed by atoms with Crippen molar-refractivity contribution in [1.29, 1.82) is 0 Å². The number of nitrogens with two attached hydrogens (primary N) is 1. The van der Waals surface area contributed by atoms with Crippen molar-refractivity contribution < 1.29 is 12.9 Å². The summed E-state index contributed by atoms with van der Waals surface area (Å²) >= 11 is 0. The van der Waals surface area contributed by atoms with E-state index in [4.69, 9.17) is 10.3 Å². The fourth-order valence-electron chi connectivity index (χ4n) is 2.34. The van der Waals surface area contributed by atoms with Gasteiger partial charge in [-0.3, -0.25) is 0 Å². The molecule has 0 aliphatic heterocycles. The van der Waals surface area contributed by atoms with Gasteiger partial charge in [0.25, 0.3) is 10.0 Å². The van der Waals surface area contributed by atoms with Crippen molar-refractivity contribution in [2.45, 2.75) is 18.2 Å². The Morgan fingerprint density at radius 3 is 2.29 bits per heavy atom. The quantitative estimate of drug-likeness (QED) is 0.782. The fourth-order valence-corrected chi connectivity index (χ4v) is 3.55. The third kappa shape index (κ3) is 2.85. The number of nitrogen functional groups attached to an aromatic ring is 1. The number of benzene rings is 2. The standard InChI is InChI=1S/C17H16N2O4S/c1-12-7-9-14(10-8-12)24(21,22)19-16(18)15(17(20)23-19)11-13-5-3-2-4-6-13/h2-10H,11,18H2,1H3. The molecule has 0 unspecified atom stereocenters. The van der Waals surface area contributed by atoms with E-state index in [-0.39, 0.29) is 22.7 Å². The van der Waals surface area contributed by atoms with Crippen molar-refractivity contribution in [1.82, 2.24) is 4.15 Å². The van der Waals surface area contributed by atoms with Crippen molar-refractivity contribution in [3.63, 3.8) is 0 Å². The van der Waals surface area contributed by atoms with Gasteiger partial charge in [-0.2, -0.15) is 8.42 Å². The van der Waals surface area contributed by atoms with Gasteiger partial charge < -0.3 is 10.3 Å². The lowest BCUT2D eigenvalue weighted by Gasteiger charge is -2.06. The summed E-state index contributed by atoms with van der Waals surface area (Å²) < 4.78 is 30.7. The number of hydrogen-bond donors (Lipinski definition) is 1. The van der Waals surface area contributed by atoms with E-state index in [1.54, 1.807) is 12.1 Å². The Hall–Kier alpha value is -2.80. The number of hydrogen-bond acceptors (Lipinski definition) is 5. The molecule has 0 saturated carbocycles. The van der Waals surface area contributed by atoms with Crippen LogP contribution >= 0.6 is 0 Å². The molecule has 7 heteroatoms. The average molecular weight is 344 g/mol. The van der Waals surface area contributed by atoms with E-state index in [0.29, 0.717) is 4.15 Å². The molecule has 0 amide bonds. The average Bonchev–Trinajstić information content (AvgIpc) is 2.85. The van der Waals surface area contributed by atoms with E-state index < -0.39 is 15.6 Å². The Kier molecular flexibility index (Phi) is 4.02. The molecule has 0 bridgehead atoms. The van der Waals surface area contributed by atoms with E-state index in [0.717, 1.165) is 11.1 Å². The molecule has 0 aliphatic rings. The smallest absolute Gasteiger partial charge is 0.364 e. The predicted octanol–water partition coefficient (Wildman–Crippen LogP) is 2.16. The van der Waals surface area contributed by atoms with E-state index in [9.17, 15) is 13.2 Å². The molecule has 0 atom stereocenters. The van der Waals surface area contributed by atoms with E-state index in [2.05, 4.69) is 0 Å². The summed E-state index contributed by atoms with van der Waals surface area (Å²) in [5, 5.41) is 0. The van der Waals surface area contributed by atoms with E-state index in [1.807, 2.05) is 37.3 Å². The number of nitrogens with zero attached hydrogens (tertiary/aromatic N) is 1. The molecule has 3 aromatic rings. The topological polar surface area (TPSA) is 95.3 Å². The van der Waals surface area contributed by atoms with Gasteiger partial charge in [0.05, 0.1) is 10.5 Å². The Bertz CT molecular complexity index is 1020. The van der Waals surface area contributed by atoms with Crippen molar-refractivity contribution in [3.8, 4) is 0 Å². The summed E-state index contributed by atoms with van der Waals surface area (Å²) in [5.41, 5.74) is 7.01. The van der Waals surface area contributed by atoms with Crippen LogP contribution in [0.5, 0.6) is 0 Å². The van der Waals surface area contributed by atoms with Crippen molar-refractivity contribution >= 4 is 15.8 Å². The van der Waals surface area contributed by atoms with Crippen LogP contribution < -0.4 is 11.4 Å². The van der Waals surface area contributed by atoms with Crippen LogP contribution in [0.2, 0.25) is 0 Å². The van der Waals surface area contributed by atoms with E-state index >= 15 is 0 Å². The molecule has 24 heavy (non-hydrogen) atoms. The second-order valence-electron chi connectivity index (χ2n) is 5.45. The maximum atomic E-state index is 12.6. The van der Waals surface area contributed by atoms with Gasteiger partial charge >= 0.3 is 5.63 Å². The predicted molar refractivity (Wildman–Crippen MR) is 90.4 cm³/mol. The highest BCUT2D eigenvalue weighted by molar-refractivity contribution is 7.89. The van der Waals surface area contributed by atoms with Crippen LogP contribution in [0.1, 0.15) is 16.7 Å². The van der Waals surface area contributed by atoms with Crippen LogP contribution in [0.4, 0.5) is 5.82 Å². The highest BCUT2D eigenvalue weighted by Crippen LogP contribution is 2.21. The molecule has 0 radical (unpaired) electrons. The second kappa shape index (κ2) is 6.01. The minimum absolute atomic E-state index is 0.00445. The Labute approximate surface area is 139 Å².